The summed E-state index contributed by atoms with van der Waals surface area (Å²) in [6.45, 7) is 9.55. The molecule has 0 unspecified atom stereocenters. The van der Waals surface area contributed by atoms with Crippen LogP contribution < -0.4 is 10.6 Å². The second-order valence-corrected chi connectivity index (χ2v) is 9.17. The first-order chi connectivity index (χ1) is 11.9. The van der Waals surface area contributed by atoms with Crippen molar-refractivity contribution >= 4 is 29.1 Å². The van der Waals surface area contributed by atoms with Crippen molar-refractivity contribution in [3.05, 3.63) is 33.4 Å². The molecule has 5 heteroatoms. The van der Waals surface area contributed by atoms with E-state index in [1.54, 1.807) is 0 Å². The standard InChI is InChI=1S/C15H21IN2.C5H10O2/c16-13-3-1-12(2-4-13)14-9-15(14)18-10-11-5-7-17-8-6-11;1-5(2,3)7-4-6/h1-4,11,14-15,17-18H,5-10H2;4H,1-3H3/t14-,15+;/m0./s1. The number of hydrogen-bond acceptors (Lipinski definition) is 4. The van der Waals surface area contributed by atoms with Gasteiger partial charge < -0.3 is 15.4 Å². The maximum atomic E-state index is 9.60. The van der Waals surface area contributed by atoms with E-state index in [4.69, 9.17) is 0 Å². The number of carbonyl (C=O) groups excluding carboxylic acids is 1. The average Bonchev–Trinajstić information content (AvgIpc) is 3.34. The zero-order chi connectivity index (χ0) is 18.3. The van der Waals surface area contributed by atoms with Gasteiger partial charge in [0.2, 0.25) is 0 Å². The van der Waals surface area contributed by atoms with Gasteiger partial charge in [0, 0.05) is 15.5 Å². The van der Waals surface area contributed by atoms with Gasteiger partial charge in [-0.2, -0.15) is 0 Å². The first-order valence-corrected chi connectivity index (χ1v) is 10.3. The van der Waals surface area contributed by atoms with Crippen LogP contribution in [0.25, 0.3) is 0 Å². The summed E-state index contributed by atoms with van der Waals surface area (Å²) in [5.74, 6) is 1.66. The molecular formula is C20H31IN2O2. The fraction of sp³-hybridized carbons (Fsp3) is 0.650. The number of piperidine rings is 1. The summed E-state index contributed by atoms with van der Waals surface area (Å²) in [6.07, 6.45) is 4.01. The molecule has 0 amide bonds. The molecule has 2 N–H and O–H groups in total. The lowest BCUT2D eigenvalue weighted by Crippen LogP contribution is -2.34. The molecule has 1 saturated carbocycles. The van der Waals surface area contributed by atoms with Crippen LogP contribution in [0.1, 0.15) is 51.5 Å². The monoisotopic (exact) mass is 458 g/mol. The predicted octanol–water partition coefficient (Wildman–Crippen LogP) is 3.69. The Labute approximate surface area is 165 Å². The van der Waals surface area contributed by atoms with Gasteiger partial charge in [0.25, 0.3) is 6.47 Å². The van der Waals surface area contributed by atoms with Crippen LogP contribution in [0.2, 0.25) is 0 Å². The van der Waals surface area contributed by atoms with E-state index >= 15 is 0 Å². The van der Waals surface area contributed by atoms with Crippen LogP contribution in [0.5, 0.6) is 0 Å². The molecule has 2 atom stereocenters. The molecule has 2 fully saturated rings. The molecule has 1 aromatic rings. The second kappa shape index (κ2) is 9.88. The van der Waals surface area contributed by atoms with Gasteiger partial charge in [0.05, 0.1) is 0 Å². The van der Waals surface area contributed by atoms with Crippen molar-refractivity contribution in [2.45, 2.75) is 57.6 Å². The van der Waals surface area contributed by atoms with Gasteiger partial charge in [-0.1, -0.05) is 12.1 Å². The summed E-state index contributed by atoms with van der Waals surface area (Å²) in [5.41, 5.74) is 1.19. The summed E-state index contributed by atoms with van der Waals surface area (Å²) in [5, 5.41) is 7.19. The lowest BCUT2D eigenvalue weighted by atomic mass is 9.98. The van der Waals surface area contributed by atoms with Crippen LogP contribution in [-0.2, 0) is 9.53 Å². The van der Waals surface area contributed by atoms with E-state index in [9.17, 15) is 4.79 Å². The predicted molar refractivity (Wildman–Crippen MR) is 111 cm³/mol. The molecule has 1 aliphatic heterocycles. The number of nitrogens with one attached hydrogen (secondary N) is 2. The normalized spacial score (nSPS) is 23.4. The Hall–Kier alpha value is -0.660. The van der Waals surface area contributed by atoms with Crippen LogP contribution in [0.3, 0.4) is 0 Å². The highest BCUT2D eigenvalue weighted by atomic mass is 127. The van der Waals surface area contributed by atoms with Crippen molar-refractivity contribution in [2.24, 2.45) is 5.92 Å². The number of carbonyl (C=O) groups is 1. The Morgan fingerprint density at radius 1 is 1.24 bits per heavy atom. The Morgan fingerprint density at radius 2 is 1.88 bits per heavy atom. The molecule has 0 bridgehead atoms. The summed E-state index contributed by atoms with van der Waals surface area (Å²) in [6, 6.07) is 9.76. The van der Waals surface area contributed by atoms with Gasteiger partial charge in [-0.15, -0.1) is 0 Å². The summed E-state index contributed by atoms with van der Waals surface area (Å²) < 4.78 is 5.88. The van der Waals surface area contributed by atoms with Gasteiger partial charge in [-0.25, -0.2) is 0 Å². The second-order valence-electron chi connectivity index (χ2n) is 7.93. The van der Waals surface area contributed by atoms with E-state index in [0.717, 1.165) is 17.9 Å². The summed E-state index contributed by atoms with van der Waals surface area (Å²) >= 11 is 2.37. The van der Waals surface area contributed by atoms with Crippen molar-refractivity contribution in [1.29, 1.82) is 0 Å². The van der Waals surface area contributed by atoms with Crippen LogP contribution in [-0.4, -0.2) is 37.7 Å². The highest BCUT2D eigenvalue weighted by Gasteiger charge is 2.38. The third-order valence-electron chi connectivity index (χ3n) is 4.62. The van der Waals surface area contributed by atoms with E-state index < -0.39 is 0 Å². The average molecular weight is 458 g/mol. The smallest absolute Gasteiger partial charge is 0.293 e. The summed E-state index contributed by atoms with van der Waals surface area (Å²) in [7, 11) is 0. The van der Waals surface area contributed by atoms with Gasteiger partial charge >= 0.3 is 0 Å². The molecule has 25 heavy (non-hydrogen) atoms. The highest BCUT2D eigenvalue weighted by Crippen LogP contribution is 2.41. The molecular weight excluding hydrogens is 427 g/mol. The fourth-order valence-corrected chi connectivity index (χ4v) is 3.41. The van der Waals surface area contributed by atoms with Crippen molar-refractivity contribution in [3.63, 3.8) is 0 Å². The van der Waals surface area contributed by atoms with Crippen LogP contribution >= 0.6 is 22.6 Å². The quantitative estimate of drug-likeness (QED) is 0.522. The molecule has 1 aromatic carbocycles. The lowest BCUT2D eigenvalue weighted by Gasteiger charge is -2.22. The Balaban J connectivity index is 0.000000277. The van der Waals surface area contributed by atoms with Gasteiger partial charge in [-0.3, -0.25) is 4.79 Å². The van der Waals surface area contributed by atoms with Gasteiger partial charge in [-0.05, 0) is 106 Å². The minimum atomic E-state index is -0.318. The lowest BCUT2D eigenvalue weighted by molar-refractivity contribution is -0.138. The molecule has 0 radical (unpaired) electrons. The molecule has 1 heterocycles. The van der Waals surface area contributed by atoms with E-state index in [1.807, 2.05) is 20.8 Å². The Bertz CT molecular complexity index is 521. The van der Waals surface area contributed by atoms with Crippen molar-refractivity contribution in [2.75, 3.05) is 19.6 Å². The largest absolute Gasteiger partial charge is 0.462 e. The minimum absolute atomic E-state index is 0.318. The first kappa shape index (κ1) is 20.6. The van der Waals surface area contributed by atoms with Crippen molar-refractivity contribution in [3.8, 4) is 0 Å². The molecule has 0 aromatic heterocycles. The Morgan fingerprint density at radius 3 is 2.40 bits per heavy atom. The number of halogens is 1. The zero-order valence-electron chi connectivity index (χ0n) is 15.6. The SMILES string of the molecule is CC(C)(C)OC=O.Ic1ccc([C@@H]2C[C@H]2NCC2CCNCC2)cc1. The number of benzene rings is 1. The molecule has 2 aliphatic rings. The van der Waals surface area contributed by atoms with Gasteiger partial charge in [0.1, 0.15) is 5.60 Å². The Kier molecular flexibility index (Phi) is 8.16. The highest BCUT2D eigenvalue weighted by molar-refractivity contribution is 14.1. The maximum Gasteiger partial charge on any atom is 0.293 e. The molecule has 1 aliphatic carbocycles. The van der Waals surface area contributed by atoms with Gasteiger partial charge in [0.15, 0.2) is 0 Å². The number of hydrogen-bond donors (Lipinski definition) is 2. The number of rotatable bonds is 5. The summed E-state index contributed by atoms with van der Waals surface area (Å²) in [4.78, 5) is 9.60. The molecule has 3 rings (SSSR count). The first-order valence-electron chi connectivity index (χ1n) is 9.20. The molecule has 0 spiro atoms. The number of ether oxygens (including phenoxy) is 1. The topological polar surface area (TPSA) is 50.4 Å². The molecule has 140 valence electrons. The van der Waals surface area contributed by atoms with Crippen LogP contribution in [0.4, 0.5) is 0 Å². The molecule has 1 saturated heterocycles. The third kappa shape index (κ3) is 8.05. The molecule has 4 nitrogen and oxygen atoms in total. The zero-order valence-corrected chi connectivity index (χ0v) is 17.7. The minimum Gasteiger partial charge on any atom is -0.462 e. The van der Waals surface area contributed by atoms with Crippen molar-refractivity contribution < 1.29 is 9.53 Å². The van der Waals surface area contributed by atoms with Crippen molar-refractivity contribution in [1.82, 2.24) is 10.6 Å². The van der Waals surface area contributed by atoms with Crippen LogP contribution in [0, 0.1) is 9.49 Å². The van der Waals surface area contributed by atoms with E-state index in [0.29, 0.717) is 6.47 Å². The third-order valence-corrected chi connectivity index (χ3v) is 5.34. The van der Waals surface area contributed by atoms with E-state index in [1.165, 1.54) is 48.0 Å². The van der Waals surface area contributed by atoms with E-state index in [2.05, 4.69) is 62.2 Å². The fourth-order valence-electron chi connectivity index (χ4n) is 3.05. The maximum absolute atomic E-state index is 9.60. The van der Waals surface area contributed by atoms with E-state index in [-0.39, 0.29) is 5.60 Å². The van der Waals surface area contributed by atoms with Crippen LogP contribution in [0.15, 0.2) is 24.3 Å².